The third-order valence-electron chi connectivity index (χ3n) is 5.20. The maximum absolute atomic E-state index is 14.3. The minimum absolute atomic E-state index is 0.129. The highest BCUT2D eigenvalue weighted by Gasteiger charge is 2.63. The quantitative estimate of drug-likeness (QED) is 0.303. The van der Waals surface area contributed by atoms with Crippen LogP contribution in [0.4, 0.5) is 42.1 Å². The molecule has 1 aromatic heterocycles. The first kappa shape index (κ1) is 33.2. The van der Waals surface area contributed by atoms with Crippen molar-refractivity contribution in [1.29, 1.82) is 0 Å². The van der Waals surface area contributed by atoms with E-state index in [1.54, 1.807) is 0 Å². The van der Waals surface area contributed by atoms with E-state index in [4.69, 9.17) is 9.88 Å². The maximum Gasteiger partial charge on any atom is 0.419 e. The highest BCUT2D eigenvalue weighted by atomic mass is 32.2. The molecule has 0 bridgehead atoms. The molecule has 214 valence electrons. The van der Waals surface area contributed by atoms with E-state index in [-0.39, 0.29) is 10.7 Å². The topological polar surface area (TPSA) is 89.7 Å². The Kier molecular flexibility index (Phi) is 12.6. The van der Waals surface area contributed by atoms with E-state index in [0.717, 1.165) is 25.1 Å². The summed E-state index contributed by atoms with van der Waals surface area (Å²) in [6.45, 7) is 3.29. The lowest BCUT2D eigenvalue weighted by atomic mass is 9.99. The van der Waals surface area contributed by atoms with Gasteiger partial charge < -0.3 is 19.7 Å². The van der Waals surface area contributed by atoms with E-state index in [0.29, 0.717) is 11.0 Å². The number of methoxy groups -OCH3 is 1. The number of carbonyl (C=O) groups is 1. The van der Waals surface area contributed by atoms with Gasteiger partial charge >= 0.3 is 12.8 Å². The van der Waals surface area contributed by atoms with Crippen LogP contribution in [-0.4, -0.2) is 49.0 Å². The molecule has 1 amide bonds. The van der Waals surface area contributed by atoms with Gasteiger partial charge in [-0.05, 0) is 36.2 Å². The van der Waals surface area contributed by atoms with Gasteiger partial charge in [0.1, 0.15) is 11.1 Å². The van der Waals surface area contributed by atoms with Gasteiger partial charge in [-0.2, -0.15) is 26.3 Å². The van der Waals surface area contributed by atoms with Crippen LogP contribution in [0.2, 0.25) is 0 Å². The molecule has 7 nitrogen and oxygen atoms in total. The maximum atomic E-state index is 14.3. The number of pyridine rings is 1. The van der Waals surface area contributed by atoms with Crippen molar-refractivity contribution in [2.24, 2.45) is 5.14 Å². The van der Waals surface area contributed by atoms with Crippen molar-refractivity contribution in [1.82, 2.24) is 4.98 Å². The third-order valence-corrected chi connectivity index (χ3v) is 5.67. The number of nitrogens with zero attached hydrogens (tertiary/aromatic N) is 2. The number of rotatable bonds is 7. The normalized spacial score (nSPS) is 18.8. The molecule has 2 heterocycles. The first-order chi connectivity index (χ1) is 17.9. The van der Waals surface area contributed by atoms with Gasteiger partial charge in [0.05, 0.1) is 12.2 Å². The zero-order valence-corrected chi connectivity index (χ0v) is 22.0. The third kappa shape index (κ3) is 7.41. The fourth-order valence-corrected chi connectivity index (χ4v) is 3.87. The van der Waals surface area contributed by atoms with Crippen LogP contribution in [-0.2, 0) is 9.53 Å². The molecule has 15 heteroatoms. The molecule has 0 saturated carbocycles. The van der Waals surface area contributed by atoms with Crippen LogP contribution in [0, 0.1) is 11.6 Å². The number of anilines is 2. The lowest BCUT2D eigenvalue weighted by Crippen LogP contribution is -2.49. The zero-order chi connectivity index (χ0) is 29.3. The molecule has 0 aliphatic carbocycles. The average molecular weight is 575 g/mol. The van der Waals surface area contributed by atoms with Crippen molar-refractivity contribution >= 4 is 29.2 Å². The summed E-state index contributed by atoms with van der Waals surface area (Å²) in [5, 5.41) is 8.08. The van der Waals surface area contributed by atoms with E-state index in [1.165, 1.54) is 18.3 Å². The van der Waals surface area contributed by atoms with Crippen LogP contribution in [0.5, 0.6) is 5.75 Å². The van der Waals surface area contributed by atoms with Crippen LogP contribution < -0.4 is 20.1 Å². The van der Waals surface area contributed by atoms with Gasteiger partial charge in [0, 0.05) is 25.4 Å². The highest BCUT2D eigenvalue weighted by Crippen LogP contribution is 2.47. The Hall–Kier alpha value is -2.78. The molecular weight excluding hydrogens is 545 g/mol. The van der Waals surface area contributed by atoms with Crippen LogP contribution in [0.25, 0.3) is 0 Å². The summed E-state index contributed by atoms with van der Waals surface area (Å²) in [6.07, 6.45) is -4.69. The average Bonchev–Trinajstić information content (AvgIpc) is 3.31. The molecule has 2 atom stereocenters. The van der Waals surface area contributed by atoms with Gasteiger partial charge in [0.15, 0.2) is 17.2 Å². The fraction of sp³-hybridized carbons (Fsp3) is 0.478. The van der Waals surface area contributed by atoms with Crippen molar-refractivity contribution in [3.63, 3.8) is 0 Å². The van der Waals surface area contributed by atoms with E-state index >= 15 is 0 Å². The van der Waals surface area contributed by atoms with Crippen molar-refractivity contribution in [3.8, 4) is 5.75 Å². The van der Waals surface area contributed by atoms with Crippen molar-refractivity contribution in [2.75, 3.05) is 23.9 Å². The number of benzene rings is 1. The molecule has 1 aromatic carbocycles. The number of alkyl halides is 5. The van der Waals surface area contributed by atoms with Crippen molar-refractivity contribution in [2.45, 2.75) is 63.6 Å². The Morgan fingerprint density at radius 2 is 1.84 bits per heavy atom. The molecule has 2 aromatic rings. The lowest BCUT2D eigenvalue weighted by molar-refractivity contribution is -0.261. The monoisotopic (exact) mass is 574 g/mol. The molecule has 0 radical (unpaired) electrons. The van der Waals surface area contributed by atoms with Crippen LogP contribution in [0.1, 0.15) is 34.1 Å². The minimum atomic E-state index is -5.00. The minimum Gasteiger partial charge on any atom is -0.429 e. The summed E-state index contributed by atoms with van der Waals surface area (Å²) in [5.74, 6) is -5.77. The van der Waals surface area contributed by atoms with E-state index in [2.05, 4.69) is 15.0 Å². The number of aromatic nitrogens is 1. The van der Waals surface area contributed by atoms with Gasteiger partial charge in [-0.3, -0.25) is 9.93 Å². The number of ether oxygens (including phenoxy) is 2. The Bertz CT molecular complexity index is 1060. The Labute approximate surface area is 220 Å². The highest BCUT2D eigenvalue weighted by molar-refractivity contribution is 7.97. The second-order valence-electron chi connectivity index (χ2n) is 7.12. The molecule has 0 spiro atoms. The molecular formula is C23H29F7N4O3S. The zero-order valence-electron chi connectivity index (χ0n) is 21.2. The van der Waals surface area contributed by atoms with Crippen LogP contribution in [0.15, 0.2) is 35.5 Å². The Balaban J connectivity index is 0.00000172. The predicted octanol–water partition coefficient (Wildman–Crippen LogP) is 6.14. The number of amides is 1. The predicted molar refractivity (Wildman–Crippen MR) is 130 cm³/mol. The van der Waals surface area contributed by atoms with E-state index in [9.17, 15) is 35.5 Å². The number of nitrogens with one attached hydrogen (secondary N) is 1. The van der Waals surface area contributed by atoms with Crippen molar-refractivity contribution in [3.05, 3.63) is 42.1 Å². The number of hydrogen-bond donors (Lipinski definition) is 2. The Morgan fingerprint density at radius 1 is 1.21 bits per heavy atom. The number of halogens is 7. The summed E-state index contributed by atoms with van der Waals surface area (Å²) in [4.78, 5) is 17.6. The van der Waals surface area contributed by atoms with E-state index < -0.39 is 66.4 Å². The Morgan fingerprint density at radius 3 is 2.37 bits per heavy atom. The summed E-state index contributed by atoms with van der Waals surface area (Å²) >= 11 is 0.751. The smallest absolute Gasteiger partial charge is 0.419 e. The summed E-state index contributed by atoms with van der Waals surface area (Å²) in [7, 11) is 0.765. The molecule has 1 fully saturated rings. The molecule has 3 rings (SSSR count). The van der Waals surface area contributed by atoms with Crippen LogP contribution in [0.3, 0.4) is 0 Å². The molecule has 1 aliphatic heterocycles. The summed E-state index contributed by atoms with van der Waals surface area (Å²) in [5.41, 5.74) is -3.47. The van der Waals surface area contributed by atoms with Gasteiger partial charge in [0.25, 0.3) is 0 Å². The standard InChI is InChI=1S/C19H17F7N4O3S.2C2H6/c1-32-18(19(24,25)26)7-12(16(31)29-9-4-5-28-13(6-9)34-27)30(8-18)11-3-2-10(20)14(21)15(11)33-17(22)23;2*1-2/h2-6,12,17H,7-8,27H2,1H3,(H,28,29,31);2*1-2H3. The second kappa shape index (κ2) is 14.4. The van der Waals surface area contributed by atoms with Gasteiger partial charge in [-0.15, -0.1) is 0 Å². The lowest BCUT2D eigenvalue weighted by Gasteiger charge is -2.31. The van der Waals surface area contributed by atoms with E-state index in [1.807, 2.05) is 27.7 Å². The molecule has 1 saturated heterocycles. The molecule has 1 aliphatic rings. The molecule has 3 N–H and O–H groups in total. The number of carbonyl (C=O) groups excluding carboxylic acids is 1. The van der Waals surface area contributed by atoms with Crippen LogP contribution >= 0.6 is 11.9 Å². The van der Waals surface area contributed by atoms with Gasteiger partial charge in [0.2, 0.25) is 11.7 Å². The summed E-state index contributed by atoms with van der Waals surface area (Å²) < 4.78 is 104. The SMILES string of the molecule is CC.CC.COC1(C(F)(F)F)CC(C(=O)Nc2ccnc(SN)c2)N(c2ccc(F)c(F)c2OC(F)F)C1. The summed E-state index contributed by atoms with van der Waals surface area (Å²) in [6, 6.07) is 2.25. The first-order valence-electron chi connectivity index (χ1n) is 11.4. The number of hydrogen-bond acceptors (Lipinski definition) is 7. The fourth-order valence-electron chi connectivity index (χ4n) is 3.56. The van der Waals surface area contributed by atoms with Gasteiger partial charge in [-0.1, -0.05) is 27.7 Å². The number of nitrogens with two attached hydrogens (primary N) is 1. The molecule has 2 unspecified atom stereocenters. The largest absolute Gasteiger partial charge is 0.429 e. The van der Waals surface area contributed by atoms with Crippen molar-refractivity contribution < 1.29 is 45.0 Å². The molecule has 38 heavy (non-hydrogen) atoms. The van der Waals surface area contributed by atoms with Gasteiger partial charge in [-0.25, -0.2) is 9.37 Å². The first-order valence-corrected chi connectivity index (χ1v) is 12.3. The second-order valence-corrected chi connectivity index (χ2v) is 7.78.